The number of nitrogens with zero attached hydrogens (tertiary/aromatic N) is 1. The Morgan fingerprint density at radius 3 is 2.44 bits per heavy atom. The number of anilines is 1. The Hall–Kier alpha value is -2.60. The van der Waals surface area contributed by atoms with Crippen molar-refractivity contribution in [2.24, 2.45) is 0 Å². The fourth-order valence-corrected chi connectivity index (χ4v) is 3.02. The number of hydrogen-bond donors (Lipinski definition) is 1. The first kappa shape index (κ1) is 17.2. The number of imide groups is 1. The van der Waals surface area contributed by atoms with Crippen molar-refractivity contribution < 1.29 is 14.3 Å². The Balaban J connectivity index is 2.02. The summed E-state index contributed by atoms with van der Waals surface area (Å²) in [4.78, 5) is 26.2. The maximum Gasteiger partial charge on any atom is 0.277 e. The van der Waals surface area contributed by atoms with Crippen molar-refractivity contribution in [2.75, 3.05) is 19.0 Å². The number of amides is 2. The van der Waals surface area contributed by atoms with Gasteiger partial charge in [-0.25, -0.2) is 0 Å². The molecule has 0 saturated heterocycles. The van der Waals surface area contributed by atoms with E-state index >= 15 is 0 Å². The predicted molar refractivity (Wildman–Crippen MR) is 100 cm³/mol. The molecule has 0 unspecified atom stereocenters. The Labute approximate surface area is 154 Å². The van der Waals surface area contributed by atoms with E-state index in [-0.39, 0.29) is 17.5 Å². The van der Waals surface area contributed by atoms with Gasteiger partial charge in [-0.2, -0.15) is 0 Å². The van der Waals surface area contributed by atoms with Crippen molar-refractivity contribution >= 4 is 39.0 Å². The molecular formula is C19H17BrN2O3. The van der Waals surface area contributed by atoms with Gasteiger partial charge in [0.15, 0.2) is 0 Å². The first-order valence-corrected chi connectivity index (χ1v) is 8.63. The van der Waals surface area contributed by atoms with Gasteiger partial charge in [0.2, 0.25) is 0 Å². The quantitative estimate of drug-likeness (QED) is 0.777. The Kier molecular flexibility index (Phi) is 4.90. The molecule has 0 saturated carbocycles. The molecule has 0 aromatic heterocycles. The van der Waals surface area contributed by atoms with Crippen molar-refractivity contribution in [3.63, 3.8) is 0 Å². The van der Waals surface area contributed by atoms with E-state index in [9.17, 15) is 9.59 Å². The van der Waals surface area contributed by atoms with Gasteiger partial charge >= 0.3 is 0 Å². The lowest BCUT2D eigenvalue weighted by Crippen LogP contribution is -2.27. The molecule has 6 heteroatoms. The molecule has 0 atom stereocenters. The van der Waals surface area contributed by atoms with Crippen molar-refractivity contribution in [3.05, 3.63) is 64.3 Å². The topological polar surface area (TPSA) is 58.6 Å². The lowest BCUT2D eigenvalue weighted by Gasteiger charge is -2.09. The smallest absolute Gasteiger partial charge is 0.277 e. The molecule has 1 aliphatic rings. The van der Waals surface area contributed by atoms with E-state index in [0.717, 1.165) is 20.8 Å². The number of likely N-dealkylation sites (N-methyl/N-ethyl adjacent to an activating group) is 1. The Morgan fingerprint density at radius 1 is 1.08 bits per heavy atom. The maximum atomic E-state index is 12.6. The predicted octanol–water partition coefficient (Wildman–Crippen LogP) is 3.67. The van der Waals surface area contributed by atoms with E-state index in [4.69, 9.17) is 4.74 Å². The molecule has 0 radical (unpaired) electrons. The molecule has 2 aromatic rings. The molecule has 0 fully saturated rings. The minimum Gasteiger partial charge on any atom is -0.494 e. The number of nitrogens with one attached hydrogen (secondary N) is 1. The molecular weight excluding hydrogens is 384 g/mol. The number of benzene rings is 2. The van der Waals surface area contributed by atoms with Crippen LogP contribution in [0.2, 0.25) is 0 Å². The average molecular weight is 401 g/mol. The van der Waals surface area contributed by atoms with Gasteiger partial charge in [0, 0.05) is 17.2 Å². The second-order valence-electron chi connectivity index (χ2n) is 5.51. The van der Waals surface area contributed by atoms with Crippen LogP contribution in [0.4, 0.5) is 5.69 Å². The van der Waals surface area contributed by atoms with Crippen molar-refractivity contribution in [2.45, 2.75) is 6.92 Å². The minimum absolute atomic E-state index is 0.273. The summed E-state index contributed by atoms with van der Waals surface area (Å²) in [7, 11) is 1.48. The minimum atomic E-state index is -0.353. The zero-order valence-electron chi connectivity index (χ0n) is 13.9. The van der Waals surface area contributed by atoms with Crippen LogP contribution in [0.5, 0.6) is 5.75 Å². The zero-order valence-corrected chi connectivity index (χ0v) is 15.5. The number of ether oxygens (including phenoxy) is 1. The van der Waals surface area contributed by atoms with Gasteiger partial charge in [-0.15, -0.1) is 0 Å². The molecule has 3 rings (SSSR count). The second kappa shape index (κ2) is 7.11. The number of carbonyl (C=O) groups excluding carboxylic acids is 2. The highest BCUT2D eigenvalue weighted by molar-refractivity contribution is 9.10. The van der Waals surface area contributed by atoms with Crippen molar-refractivity contribution in [1.29, 1.82) is 0 Å². The zero-order chi connectivity index (χ0) is 18.0. The van der Waals surface area contributed by atoms with Gasteiger partial charge in [0.1, 0.15) is 11.4 Å². The summed E-state index contributed by atoms with van der Waals surface area (Å²) in [6.07, 6.45) is 0. The molecule has 5 nitrogen and oxygen atoms in total. The molecule has 1 N–H and O–H groups in total. The van der Waals surface area contributed by atoms with E-state index in [1.54, 1.807) is 24.3 Å². The van der Waals surface area contributed by atoms with E-state index in [1.165, 1.54) is 7.05 Å². The average Bonchev–Trinajstić information content (AvgIpc) is 2.80. The van der Waals surface area contributed by atoms with Crippen LogP contribution in [0.3, 0.4) is 0 Å². The third kappa shape index (κ3) is 3.44. The van der Waals surface area contributed by atoms with Crippen molar-refractivity contribution in [1.82, 2.24) is 4.90 Å². The van der Waals surface area contributed by atoms with Gasteiger partial charge in [0.25, 0.3) is 11.8 Å². The number of rotatable bonds is 5. The van der Waals surface area contributed by atoms with Gasteiger partial charge in [-0.3, -0.25) is 14.5 Å². The number of hydrogen-bond acceptors (Lipinski definition) is 4. The highest BCUT2D eigenvalue weighted by Gasteiger charge is 2.36. The normalized spacial score (nSPS) is 14.3. The summed E-state index contributed by atoms with van der Waals surface area (Å²) in [5.41, 5.74) is 2.03. The summed E-state index contributed by atoms with van der Waals surface area (Å²) in [5.74, 6) is 0.0407. The Bertz CT molecular complexity index is 859. The molecule has 2 amide bonds. The van der Waals surface area contributed by atoms with Gasteiger partial charge in [-0.1, -0.05) is 34.1 Å². The van der Waals surface area contributed by atoms with Crippen LogP contribution in [-0.2, 0) is 9.59 Å². The summed E-state index contributed by atoms with van der Waals surface area (Å²) in [6.45, 7) is 2.47. The molecule has 0 spiro atoms. The fourth-order valence-electron chi connectivity index (χ4n) is 2.62. The molecule has 25 heavy (non-hydrogen) atoms. The van der Waals surface area contributed by atoms with Crippen LogP contribution in [0.15, 0.2) is 58.7 Å². The monoisotopic (exact) mass is 400 g/mol. The van der Waals surface area contributed by atoms with E-state index in [1.807, 2.05) is 31.2 Å². The van der Waals surface area contributed by atoms with Crippen LogP contribution in [-0.4, -0.2) is 30.4 Å². The van der Waals surface area contributed by atoms with Crippen LogP contribution in [0, 0.1) is 0 Å². The molecule has 1 heterocycles. The molecule has 1 aliphatic heterocycles. The fraction of sp³-hybridized carbons (Fsp3) is 0.158. The van der Waals surface area contributed by atoms with Crippen molar-refractivity contribution in [3.8, 4) is 5.75 Å². The van der Waals surface area contributed by atoms with E-state index in [2.05, 4.69) is 21.2 Å². The number of carbonyl (C=O) groups is 2. The van der Waals surface area contributed by atoms with Crippen LogP contribution < -0.4 is 10.1 Å². The highest BCUT2D eigenvalue weighted by atomic mass is 79.9. The molecule has 0 bridgehead atoms. The summed E-state index contributed by atoms with van der Waals surface area (Å²) >= 11 is 3.40. The highest BCUT2D eigenvalue weighted by Crippen LogP contribution is 2.31. The summed E-state index contributed by atoms with van der Waals surface area (Å²) in [6, 6.07) is 14.6. The lowest BCUT2D eigenvalue weighted by atomic mass is 10.0. The number of halogens is 1. The van der Waals surface area contributed by atoms with Crippen LogP contribution >= 0.6 is 15.9 Å². The standard InChI is InChI=1S/C19H17BrN2O3/c1-3-25-15-9-7-12(8-10-15)16-17(19(24)22(2)18(16)23)21-14-6-4-5-13(20)11-14/h4-11,21H,3H2,1-2H3. The second-order valence-corrected chi connectivity index (χ2v) is 6.43. The third-order valence-corrected chi connectivity index (χ3v) is 4.33. The van der Waals surface area contributed by atoms with Gasteiger partial charge in [0.05, 0.1) is 12.2 Å². The lowest BCUT2D eigenvalue weighted by molar-refractivity contribution is -0.135. The van der Waals surface area contributed by atoms with Gasteiger partial charge in [-0.05, 0) is 42.8 Å². The first-order valence-electron chi connectivity index (χ1n) is 7.83. The molecule has 0 aliphatic carbocycles. The Morgan fingerprint density at radius 2 is 1.80 bits per heavy atom. The summed E-state index contributed by atoms with van der Waals surface area (Å²) < 4.78 is 6.31. The SMILES string of the molecule is CCOc1ccc(C2=C(Nc3cccc(Br)c3)C(=O)N(C)C2=O)cc1. The maximum absolute atomic E-state index is 12.6. The molecule has 2 aromatic carbocycles. The van der Waals surface area contributed by atoms with Gasteiger partial charge < -0.3 is 10.1 Å². The van der Waals surface area contributed by atoms with Crippen LogP contribution in [0.1, 0.15) is 12.5 Å². The van der Waals surface area contributed by atoms with E-state index < -0.39 is 0 Å². The van der Waals surface area contributed by atoms with Crippen LogP contribution in [0.25, 0.3) is 5.57 Å². The first-order chi connectivity index (χ1) is 12.0. The molecule has 128 valence electrons. The third-order valence-electron chi connectivity index (χ3n) is 3.83. The largest absolute Gasteiger partial charge is 0.494 e. The summed E-state index contributed by atoms with van der Waals surface area (Å²) in [5, 5.41) is 3.09. The van der Waals surface area contributed by atoms with E-state index in [0.29, 0.717) is 17.7 Å².